The molecule has 0 aliphatic carbocycles. The van der Waals surface area contributed by atoms with Crippen molar-refractivity contribution in [2.24, 2.45) is 0 Å². The molecule has 136 valence electrons. The lowest BCUT2D eigenvalue weighted by atomic mass is 10.0. The molecule has 7 heteroatoms. The summed E-state index contributed by atoms with van der Waals surface area (Å²) >= 11 is 0. The molecule has 27 heavy (non-hydrogen) atoms. The Labute approximate surface area is 153 Å². The van der Waals surface area contributed by atoms with E-state index in [1.807, 2.05) is 13.0 Å². The summed E-state index contributed by atoms with van der Waals surface area (Å²) in [5.41, 5.74) is 2.29. The number of pyridine rings is 2. The zero-order chi connectivity index (χ0) is 19.1. The van der Waals surface area contributed by atoms with E-state index < -0.39 is 5.97 Å². The number of fused-ring (bicyclic) bond motifs is 3. The number of carboxylic acids is 1. The Kier molecular flexibility index (Phi) is 3.92. The highest BCUT2D eigenvalue weighted by Gasteiger charge is 2.16. The first kappa shape index (κ1) is 16.8. The minimum atomic E-state index is -1.08. The number of aromatic nitrogens is 3. The topological polar surface area (TPSA) is 97.2 Å². The normalized spacial score (nSPS) is 11.2. The van der Waals surface area contributed by atoms with E-state index >= 15 is 0 Å². The lowest BCUT2D eigenvalue weighted by Crippen LogP contribution is -2.21. The molecule has 7 nitrogen and oxygen atoms in total. The smallest absolute Gasteiger partial charge is 0.335 e. The highest BCUT2D eigenvalue weighted by atomic mass is 16.5. The first-order valence-electron chi connectivity index (χ1n) is 8.46. The maximum atomic E-state index is 13.2. The van der Waals surface area contributed by atoms with E-state index in [9.17, 15) is 14.7 Å². The predicted octanol–water partition coefficient (Wildman–Crippen LogP) is 3.27. The highest BCUT2D eigenvalue weighted by molar-refractivity contribution is 6.03. The number of aryl methyl sites for hydroxylation is 1. The molecule has 0 saturated heterocycles. The van der Waals surface area contributed by atoms with Crippen LogP contribution in [0, 0.1) is 0 Å². The number of nitrogens with one attached hydrogen (secondary N) is 1. The predicted molar refractivity (Wildman–Crippen MR) is 102 cm³/mol. The van der Waals surface area contributed by atoms with Crippen molar-refractivity contribution in [3.05, 3.63) is 58.6 Å². The first-order valence-corrected chi connectivity index (χ1v) is 8.46. The van der Waals surface area contributed by atoms with E-state index in [2.05, 4.69) is 9.97 Å². The van der Waals surface area contributed by atoms with Crippen molar-refractivity contribution >= 4 is 27.9 Å². The zero-order valence-electron chi connectivity index (χ0n) is 14.8. The second-order valence-corrected chi connectivity index (χ2v) is 6.16. The molecule has 2 N–H and O–H groups in total. The minimum absolute atomic E-state index is 0.0612. The molecule has 3 heterocycles. The van der Waals surface area contributed by atoms with Gasteiger partial charge >= 0.3 is 5.97 Å². The third-order valence-corrected chi connectivity index (χ3v) is 4.65. The largest absolute Gasteiger partial charge is 0.497 e. The van der Waals surface area contributed by atoms with E-state index in [1.165, 1.54) is 19.2 Å². The molecule has 0 unspecified atom stereocenters. The Morgan fingerprint density at radius 2 is 2.11 bits per heavy atom. The number of rotatable bonds is 4. The van der Waals surface area contributed by atoms with E-state index in [-0.39, 0.29) is 11.1 Å². The molecule has 0 fully saturated rings. The summed E-state index contributed by atoms with van der Waals surface area (Å²) in [6, 6.07) is 8.22. The Hall–Kier alpha value is -3.61. The molecule has 0 radical (unpaired) electrons. The number of methoxy groups -OCH3 is 1. The van der Waals surface area contributed by atoms with Gasteiger partial charge in [-0.25, -0.2) is 9.78 Å². The number of aromatic amines is 1. The quantitative estimate of drug-likeness (QED) is 0.580. The maximum Gasteiger partial charge on any atom is 0.335 e. The number of benzene rings is 1. The standard InChI is InChI=1S/C20H17N3O4/c1-3-23-17-13(10-22-18-15(17)4-5-21-18)9-16(19(23)24)11-6-12(20(25)26)8-14(7-11)27-2/h4-10H,3H2,1-2H3,(H,21,22)(H,25,26). The summed E-state index contributed by atoms with van der Waals surface area (Å²) in [5.74, 6) is -0.700. The molecular formula is C20H17N3O4. The van der Waals surface area contributed by atoms with Gasteiger partial charge in [-0.1, -0.05) is 0 Å². The maximum absolute atomic E-state index is 13.2. The minimum Gasteiger partial charge on any atom is -0.497 e. The molecule has 1 aromatic carbocycles. The number of H-pyrrole nitrogens is 1. The number of aromatic carboxylic acids is 1. The monoisotopic (exact) mass is 363 g/mol. The second-order valence-electron chi connectivity index (χ2n) is 6.16. The summed E-state index contributed by atoms with van der Waals surface area (Å²) in [5, 5.41) is 11.0. The summed E-state index contributed by atoms with van der Waals surface area (Å²) in [4.78, 5) is 32.1. The van der Waals surface area contributed by atoms with Crippen LogP contribution in [-0.4, -0.2) is 32.7 Å². The number of carboxylic acid groups (broad SMARTS) is 1. The molecule has 3 aromatic heterocycles. The van der Waals surface area contributed by atoms with Crippen LogP contribution in [0.5, 0.6) is 5.75 Å². The number of nitrogens with zero attached hydrogens (tertiary/aromatic N) is 2. The molecule has 0 aliphatic heterocycles. The van der Waals surface area contributed by atoms with Crippen molar-refractivity contribution in [3.8, 4) is 16.9 Å². The van der Waals surface area contributed by atoms with Crippen molar-refractivity contribution in [1.29, 1.82) is 0 Å². The van der Waals surface area contributed by atoms with Gasteiger partial charge < -0.3 is 19.4 Å². The van der Waals surface area contributed by atoms with Gasteiger partial charge in [0.25, 0.3) is 5.56 Å². The summed E-state index contributed by atoms with van der Waals surface area (Å²) in [6.45, 7) is 2.38. The number of ether oxygens (including phenoxy) is 1. The Morgan fingerprint density at radius 3 is 2.81 bits per heavy atom. The van der Waals surface area contributed by atoms with Crippen LogP contribution in [0.15, 0.2) is 47.5 Å². The molecular weight excluding hydrogens is 346 g/mol. The van der Waals surface area contributed by atoms with Crippen LogP contribution >= 0.6 is 0 Å². The van der Waals surface area contributed by atoms with Gasteiger partial charge in [0.1, 0.15) is 11.4 Å². The van der Waals surface area contributed by atoms with Gasteiger partial charge in [0.2, 0.25) is 0 Å². The van der Waals surface area contributed by atoms with Gasteiger partial charge in [-0.15, -0.1) is 0 Å². The van der Waals surface area contributed by atoms with E-state index in [0.29, 0.717) is 29.1 Å². The van der Waals surface area contributed by atoms with Gasteiger partial charge in [0.05, 0.1) is 18.2 Å². The van der Waals surface area contributed by atoms with Gasteiger partial charge in [-0.05, 0) is 42.8 Å². The molecule has 4 rings (SSSR count). The van der Waals surface area contributed by atoms with Crippen molar-refractivity contribution in [2.45, 2.75) is 13.5 Å². The molecule has 0 spiro atoms. The molecule has 0 amide bonds. The Morgan fingerprint density at radius 1 is 1.30 bits per heavy atom. The third kappa shape index (κ3) is 2.64. The number of hydrogen-bond acceptors (Lipinski definition) is 4. The van der Waals surface area contributed by atoms with Crippen LogP contribution in [0.2, 0.25) is 0 Å². The summed E-state index contributed by atoms with van der Waals surface area (Å²) in [6.07, 6.45) is 3.50. The fourth-order valence-corrected chi connectivity index (χ4v) is 3.38. The molecule has 0 saturated carbocycles. The van der Waals surface area contributed by atoms with Crippen LogP contribution < -0.4 is 10.3 Å². The van der Waals surface area contributed by atoms with E-state index in [4.69, 9.17) is 4.74 Å². The summed E-state index contributed by atoms with van der Waals surface area (Å²) < 4.78 is 6.89. The molecule has 4 aromatic rings. The van der Waals surface area contributed by atoms with Crippen LogP contribution in [0.25, 0.3) is 33.1 Å². The van der Waals surface area contributed by atoms with Gasteiger partial charge in [0, 0.05) is 35.3 Å². The first-order chi connectivity index (χ1) is 13.0. The molecule has 0 bridgehead atoms. The van der Waals surface area contributed by atoms with Gasteiger partial charge in [0.15, 0.2) is 0 Å². The van der Waals surface area contributed by atoms with E-state index in [1.54, 1.807) is 29.1 Å². The Balaban J connectivity index is 2.08. The average Bonchev–Trinajstić information content (AvgIpc) is 3.16. The van der Waals surface area contributed by atoms with Gasteiger partial charge in [-0.2, -0.15) is 0 Å². The highest BCUT2D eigenvalue weighted by Crippen LogP contribution is 2.28. The van der Waals surface area contributed by atoms with Crippen LogP contribution in [-0.2, 0) is 6.54 Å². The van der Waals surface area contributed by atoms with Crippen molar-refractivity contribution < 1.29 is 14.6 Å². The van der Waals surface area contributed by atoms with Gasteiger partial charge in [-0.3, -0.25) is 4.79 Å². The van der Waals surface area contributed by atoms with Crippen LogP contribution in [0.4, 0.5) is 0 Å². The summed E-state index contributed by atoms with van der Waals surface area (Å²) in [7, 11) is 1.46. The average molecular weight is 363 g/mol. The van der Waals surface area contributed by atoms with Crippen LogP contribution in [0.3, 0.4) is 0 Å². The SMILES string of the molecule is CCn1c(=O)c(-c2cc(OC)cc(C(=O)O)c2)cc2cnc3[nH]ccc3c21. The van der Waals surface area contributed by atoms with Crippen molar-refractivity contribution in [3.63, 3.8) is 0 Å². The zero-order valence-corrected chi connectivity index (χ0v) is 14.8. The number of hydrogen-bond donors (Lipinski definition) is 2. The van der Waals surface area contributed by atoms with Crippen LogP contribution in [0.1, 0.15) is 17.3 Å². The van der Waals surface area contributed by atoms with Crippen molar-refractivity contribution in [1.82, 2.24) is 14.5 Å². The lowest BCUT2D eigenvalue weighted by Gasteiger charge is -2.13. The second kappa shape index (κ2) is 6.28. The molecule has 0 atom stereocenters. The molecule has 0 aliphatic rings. The lowest BCUT2D eigenvalue weighted by molar-refractivity contribution is 0.0696. The fourth-order valence-electron chi connectivity index (χ4n) is 3.38. The van der Waals surface area contributed by atoms with Crippen molar-refractivity contribution in [2.75, 3.05) is 7.11 Å². The third-order valence-electron chi connectivity index (χ3n) is 4.65. The fraction of sp³-hybridized carbons (Fsp3) is 0.150. The number of carbonyl (C=O) groups is 1. The Bertz CT molecular complexity index is 1250. The van der Waals surface area contributed by atoms with E-state index in [0.717, 1.165) is 16.3 Å².